The van der Waals surface area contributed by atoms with Gasteiger partial charge in [0.25, 0.3) is 0 Å². The maximum absolute atomic E-state index is 15.3. The molecule has 3 fully saturated rings. The molecular formula is C46H57ClN4O9. The molecule has 9 rings (SSSR count). The van der Waals surface area contributed by atoms with Crippen molar-refractivity contribution < 1.29 is 43.2 Å². The number of ether oxygens (including phenoxy) is 4. The Morgan fingerprint density at radius 2 is 1.77 bits per heavy atom. The van der Waals surface area contributed by atoms with Crippen LogP contribution in [0.25, 0.3) is 10.9 Å². The Morgan fingerprint density at radius 3 is 2.45 bits per heavy atom. The highest BCUT2D eigenvalue weighted by Gasteiger charge is 2.81. The van der Waals surface area contributed by atoms with Gasteiger partial charge in [-0.3, -0.25) is 19.3 Å². The van der Waals surface area contributed by atoms with Gasteiger partial charge in [0.05, 0.1) is 33.1 Å². The molecule has 0 radical (unpaired) electrons. The lowest BCUT2D eigenvalue weighted by atomic mass is 9.47. The predicted molar refractivity (Wildman–Crippen MR) is 226 cm³/mol. The molecule has 1 saturated carbocycles. The first-order valence-electron chi connectivity index (χ1n) is 21.2. The number of benzene rings is 2. The molecule has 2 N–H and O–H groups in total. The zero-order valence-electron chi connectivity index (χ0n) is 35.3. The van der Waals surface area contributed by atoms with Crippen LogP contribution in [0.5, 0.6) is 5.75 Å². The van der Waals surface area contributed by atoms with Crippen molar-refractivity contribution in [3.05, 3.63) is 70.9 Å². The Bertz CT molecular complexity index is 2260. The highest BCUT2D eigenvalue weighted by Crippen LogP contribution is 2.68. The fourth-order valence-electron chi connectivity index (χ4n) is 13.3. The zero-order chi connectivity index (χ0) is 41.6. The van der Waals surface area contributed by atoms with Gasteiger partial charge >= 0.3 is 17.9 Å². The second-order valence-electron chi connectivity index (χ2n) is 17.9. The summed E-state index contributed by atoms with van der Waals surface area (Å²) in [6.07, 6.45) is 7.25. The summed E-state index contributed by atoms with van der Waals surface area (Å²) >= 11 is 0. The van der Waals surface area contributed by atoms with Crippen molar-refractivity contribution in [1.82, 2.24) is 14.8 Å². The van der Waals surface area contributed by atoms with Gasteiger partial charge in [-0.15, -0.1) is 12.4 Å². The van der Waals surface area contributed by atoms with Crippen LogP contribution in [-0.4, -0.2) is 122 Å². The standard InChI is InChI=1S/C46H56N4O9.ClH/c1-7-28-20-29-23-45(41(53)57-5,37-31(14-18-48(24-28)25-29)30-12-9-10-13-34(30)47-37)33-21-32-35(22-36(33)56-4)50(26-51)39-44(32)16-19-49-17-11-15-43(8-2,38(44)49)40(59-27(3)52)46(39,55)42(54)58-6;/h9-13,15,21-22,26,28-29,38-40,47,55H,7-8,14,16-20,23-25H2,1-6H3;1H/t28-,29+,38-,39+,40+,43+,44+,45-,46-;/m0./s1. The number of methoxy groups -OCH3 is 3. The number of rotatable bonds is 8. The number of para-hydroxylation sites is 1. The van der Waals surface area contributed by atoms with Crippen molar-refractivity contribution >= 4 is 53.3 Å². The van der Waals surface area contributed by atoms with E-state index in [1.165, 1.54) is 26.0 Å². The largest absolute Gasteiger partial charge is 0.496 e. The van der Waals surface area contributed by atoms with Gasteiger partial charge in [0, 0.05) is 78.2 Å². The number of halogens is 1. The van der Waals surface area contributed by atoms with E-state index in [2.05, 4.69) is 27.8 Å². The lowest BCUT2D eigenvalue weighted by Crippen LogP contribution is -2.81. The van der Waals surface area contributed by atoms with E-state index < -0.39 is 57.9 Å². The molecule has 60 heavy (non-hydrogen) atoms. The number of aliphatic hydroxyl groups is 1. The summed E-state index contributed by atoms with van der Waals surface area (Å²) in [5, 5.41) is 14.3. The molecule has 5 aliphatic heterocycles. The number of aromatic amines is 1. The number of amides is 1. The van der Waals surface area contributed by atoms with Crippen LogP contribution in [0.2, 0.25) is 0 Å². The van der Waals surface area contributed by atoms with Crippen molar-refractivity contribution in [3.63, 3.8) is 0 Å². The number of aromatic nitrogens is 1. The van der Waals surface area contributed by atoms with Gasteiger partial charge in [-0.25, -0.2) is 4.79 Å². The normalized spacial score (nSPS) is 35.0. The van der Waals surface area contributed by atoms with Crippen LogP contribution < -0.4 is 9.64 Å². The molecule has 6 aliphatic rings. The minimum Gasteiger partial charge on any atom is -0.496 e. The number of anilines is 1. The molecule has 1 spiro atoms. The maximum Gasteiger partial charge on any atom is 0.344 e. The average Bonchev–Trinajstić information content (AvgIpc) is 3.92. The van der Waals surface area contributed by atoms with Crippen molar-refractivity contribution in [1.29, 1.82) is 0 Å². The molecule has 10 atom stereocenters. The van der Waals surface area contributed by atoms with Crippen molar-refractivity contribution in [2.45, 2.75) is 93.9 Å². The summed E-state index contributed by atoms with van der Waals surface area (Å²) in [6.45, 7) is 9.32. The molecule has 322 valence electrons. The topological polar surface area (TPSA) is 151 Å². The van der Waals surface area contributed by atoms with E-state index in [1.54, 1.807) is 13.2 Å². The van der Waals surface area contributed by atoms with Crippen LogP contribution in [0.15, 0.2) is 48.6 Å². The quantitative estimate of drug-likeness (QED) is 0.139. The predicted octanol–water partition coefficient (Wildman–Crippen LogP) is 4.82. The number of carbonyl (C=O) groups is 4. The lowest BCUT2D eigenvalue weighted by Gasteiger charge is -2.63. The molecule has 1 aliphatic carbocycles. The zero-order valence-corrected chi connectivity index (χ0v) is 36.1. The Morgan fingerprint density at radius 1 is 1.00 bits per heavy atom. The van der Waals surface area contributed by atoms with E-state index in [1.807, 2.05) is 43.3 Å². The maximum atomic E-state index is 15.3. The number of hydrogen-bond acceptors (Lipinski definition) is 11. The highest BCUT2D eigenvalue weighted by molar-refractivity contribution is 5.96. The van der Waals surface area contributed by atoms with E-state index >= 15 is 4.79 Å². The van der Waals surface area contributed by atoms with Crippen LogP contribution in [0.1, 0.15) is 75.3 Å². The molecule has 1 aromatic heterocycles. The second kappa shape index (κ2) is 15.2. The summed E-state index contributed by atoms with van der Waals surface area (Å²) in [5.74, 6) is -1.12. The molecule has 13 nitrogen and oxygen atoms in total. The van der Waals surface area contributed by atoms with Gasteiger partial charge < -0.3 is 38.8 Å². The molecule has 2 bridgehead atoms. The third-order valence-electron chi connectivity index (χ3n) is 15.4. The van der Waals surface area contributed by atoms with Crippen LogP contribution >= 0.6 is 12.4 Å². The van der Waals surface area contributed by atoms with Crippen molar-refractivity contribution in [2.75, 3.05) is 59.0 Å². The molecule has 1 amide bonds. The van der Waals surface area contributed by atoms with Crippen LogP contribution in [0.4, 0.5) is 5.69 Å². The van der Waals surface area contributed by atoms with Gasteiger partial charge in [-0.2, -0.15) is 0 Å². The van der Waals surface area contributed by atoms with Gasteiger partial charge in [0.15, 0.2) is 6.10 Å². The third-order valence-corrected chi connectivity index (χ3v) is 15.4. The summed E-state index contributed by atoms with van der Waals surface area (Å²) in [5.41, 5.74) is -1.54. The Hall–Kier alpha value is -4.43. The first-order valence-corrected chi connectivity index (χ1v) is 21.2. The number of hydrogen-bond donors (Lipinski definition) is 2. The number of esters is 3. The lowest BCUT2D eigenvalue weighted by molar-refractivity contribution is -0.228. The number of H-pyrrole nitrogens is 1. The smallest absolute Gasteiger partial charge is 0.344 e. The van der Waals surface area contributed by atoms with Crippen molar-refractivity contribution in [2.24, 2.45) is 17.3 Å². The Labute approximate surface area is 357 Å². The number of piperidine rings is 1. The van der Waals surface area contributed by atoms with Crippen LogP contribution in [0, 0.1) is 17.3 Å². The van der Waals surface area contributed by atoms with E-state index in [9.17, 15) is 19.5 Å². The molecular weight excluding hydrogens is 788 g/mol. The third kappa shape index (κ3) is 5.47. The monoisotopic (exact) mass is 844 g/mol. The molecule has 2 aromatic carbocycles. The fraction of sp³-hybridized carbons (Fsp3) is 0.565. The summed E-state index contributed by atoms with van der Waals surface area (Å²) in [6, 6.07) is 10.3. The van der Waals surface area contributed by atoms with Crippen molar-refractivity contribution in [3.8, 4) is 5.75 Å². The summed E-state index contributed by atoms with van der Waals surface area (Å²) in [4.78, 5) is 66.5. The first kappa shape index (κ1) is 42.3. The average molecular weight is 845 g/mol. The Balaban J connectivity index is 0.00000499. The molecule has 6 heterocycles. The number of nitrogens with zero attached hydrogens (tertiary/aromatic N) is 3. The second-order valence-corrected chi connectivity index (χ2v) is 17.9. The van der Waals surface area contributed by atoms with E-state index in [0.29, 0.717) is 73.7 Å². The molecule has 14 heteroatoms. The number of carbonyl (C=O) groups excluding carboxylic acids is 4. The van der Waals surface area contributed by atoms with E-state index in [4.69, 9.17) is 18.9 Å². The van der Waals surface area contributed by atoms with Gasteiger partial charge in [0.2, 0.25) is 12.0 Å². The highest BCUT2D eigenvalue weighted by atomic mass is 35.5. The van der Waals surface area contributed by atoms with Crippen LogP contribution in [0.3, 0.4) is 0 Å². The van der Waals surface area contributed by atoms with E-state index in [-0.39, 0.29) is 18.3 Å². The van der Waals surface area contributed by atoms with Gasteiger partial charge in [-0.1, -0.05) is 50.6 Å². The number of nitrogens with one attached hydrogen (secondary N) is 1. The molecule has 3 aromatic rings. The van der Waals surface area contributed by atoms with Crippen LogP contribution in [-0.2, 0) is 50.6 Å². The minimum atomic E-state index is -2.50. The molecule has 1 unspecified atom stereocenters. The molecule has 2 saturated heterocycles. The summed E-state index contributed by atoms with van der Waals surface area (Å²) in [7, 11) is 4.19. The van der Waals surface area contributed by atoms with E-state index in [0.717, 1.165) is 54.6 Å². The SMILES string of the molecule is CC[C@H]1C[C@H]2CN(CCc3c([nH]c4ccccc34)[C@@](C(=O)OC)(c3cc4c(cc3OC)N(C=O)[C@H]3[C@@](O)(C(=O)OC)[C@H](OC(C)=O)[C@]5(CC)C=CCN6CC[C@]43[C@@H]65)C2)C1.Cl. The first-order chi connectivity index (χ1) is 28.4. The number of fused-ring (bicyclic) bond motifs is 6. The fourth-order valence-corrected chi connectivity index (χ4v) is 13.3. The Kier molecular flexibility index (Phi) is 10.7. The minimum absolute atomic E-state index is 0. The van der Waals surface area contributed by atoms with Gasteiger partial charge in [-0.05, 0) is 73.7 Å². The van der Waals surface area contributed by atoms with Gasteiger partial charge in [0.1, 0.15) is 11.2 Å². The summed E-state index contributed by atoms with van der Waals surface area (Å²) < 4.78 is 23.8.